The highest BCUT2D eigenvalue weighted by Gasteiger charge is 2.12. The highest BCUT2D eigenvalue weighted by molar-refractivity contribution is 5.85. The quantitative estimate of drug-likeness (QED) is 0.767. The molecule has 0 radical (unpaired) electrons. The monoisotopic (exact) mass is 236 g/mol. The Morgan fingerprint density at radius 1 is 1.29 bits per heavy atom. The number of benzene rings is 1. The molecule has 17 heavy (non-hydrogen) atoms. The molecule has 1 aromatic carbocycles. The molecule has 0 aliphatic carbocycles. The maximum absolute atomic E-state index is 13.7. The number of nitrogens with zero attached hydrogens (tertiary/aromatic N) is 2. The third-order valence-electron chi connectivity index (χ3n) is 2.83. The van der Waals surface area contributed by atoms with Gasteiger partial charge in [0.15, 0.2) is 0 Å². The highest BCUT2D eigenvalue weighted by atomic mass is 19.1. The van der Waals surface area contributed by atoms with E-state index >= 15 is 0 Å². The molecule has 0 amide bonds. The largest absolute Gasteiger partial charge is 0.265 e. The maximum atomic E-state index is 13.7. The molecule has 0 atom stereocenters. The molecule has 1 aromatic heterocycles. The summed E-state index contributed by atoms with van der Waals surface area (Å²) in [6.45, 7) is 10.7. The maximum Gasteiger partial charge on any atom is 0.128 e. The van der Waals surface area contributed by atoms with Crippen LogP contribution in [-0.2, 0) is 13.0 Å². The molecule has 0 bridgehead atoms. The van der Waals surface area contributed by atoms with Gasteiger partial charge in [0.05, 0.1) is 11.7 Å². The summed E-state index contributed by atoms with van der Waals surface area (Å²) in [6, 6.07) is 1.60. The summed E-state index contributed by atoms with van der Waals surface area (Å²) in [5.41, 5.74) is 2.69. The smallest absolute Gasteiger partial charge is 0.128 e. The van der Waals surface area contributed by atoms with Crippen LogP contribution in [0, 0.1) is 12.7 Å². The van der Waals surface area contributed by atoms with Crippen molar-refractivity contribution in [2.45, 2.75) is 47.6 Å². The van der Waals surface area contributed by atoms with E-state index in [4.69, 9.17) is 0 Å². The van der Waals surface area contributed by atoms with E-state index in [0.29, 0.717) is 6.42 Å². The Hall–Kier alpha value is -1.38. The summed E-state index contributed by atoms with van der Waals surface area (Å²) in [4.78, 5) is 0. The van der Waals surface area contributed by atoms with E-state index in [0.717, 1.165) is 28.6 Å². The SMILES string of the molecule is CC.CCc1c(F)cc(C)c2cnn(CC)c12. The average molecular weight is 236 g/mol. The zero-order valence-corrected chi connectivity index (χ0v) is 11.3. The van der Waals surface area contributed by atoms with Crippen LogP contribution in [0.5, 0.6) is 0 Å². The molecule has 0 fully saturated rings. The molecular weight excluding hydrogens is 215 g/mol. The Labute approximate surface area is 102 Å². The van der Waals surface area contributed by atoms with Crippen LogP contribution >= 0.6 is 0 Å². The Bertz CT molecular complexity index is 500. The number of halogens is 1. The summed E-state index contributed by atoms with van der Waals surface area (Å²) >= 11 is 0. The summed E-state index contributed by atoms with van der Waals surface area (Å²) in [5, 5.41) is 5.34. The summed E-state index contributed by atoms with van der Waals surface area (Å²) in [7, 11) is 0. The lowest BCUT2D eigenvalue weighted by Gasteiger charge is -2.07. The van der Waals surface area contributed by atoms with Crippen molar-refractivity contribution in [1.82, 2.24) is 9.78 Å². The Kier molecular flexibility index (Phi) is 4.67. The van der Waals surface area contributed by atoms with Gasteiger partial charge < -0.3 is 0 Å². The van der Waals surface area contributed by atoms with Gasteiger partial charge in [-0.1, -0.05) is 20.8 Å². The summed E-state index contributed by atoms with van der Waals surface area (Å²) in [5.74, 6) is -0.113. The van der Waals surface area contributed by atoms with Gasteiger partial charge in [0, 0.05) is 17.5 Å². The van der Waals surface area contributed by atoms with E-state index < -0.39 is 0 Å². The van der Waals surface area contributed by atoms with Crippen molar-refractivity contribution < 1.29 is 4.39 Å². The lowest BCUT2D eigenvalue weighted by atomic mass is 10.0. The number of aryl methyl sites for hydroxylation is 3. The van der Waals surface area contributed by atoms with Crippen molar-refractivity contribution in [2.75, 3.05) is 0 Å². The minimum Gasteiger partial charge on any atom is -0.265 e. The van der Waals surface area contributed by atoms with Gasteiger partial charge in [0.2, 0.25) is 0 Å². The first-order valence-corrected chi connectivity index (χ1v) is 6.32. The van der Waals surface area contributed by atoms with Crippen LogP contribution in [0.15, 0.2) is 12.3 Å². The average Bonchev–Trinajstić information content (AvgIpc) is 2.76. The summed E-state index contributed by atoms with van der Waals surface area (Å²) < 4.78 is 15.6. The van der Waals surface area contributed by atoms with Gasteiger partial charge >= 0.3 is 0 Å². The second kappa shape index (κ2) is 5.80. The molecule has 0 saturated carbocycles. The van der Waals surface area contributed by atoms with Crippen LogP contribution in [0.1, 0.15) is 38.8 Å². The van der Waals surface area contributed by atoms with Gasteiger partial charge in [-0.3, -0.25) is 4.68 Å². The normalized spacial score (nSPS) is 10.2. The van der Waals surface area contributed by atoms with Gasteiger partial charge in [0.1, 0.15) is 5.82 Å². The molecule has 2 rings (SSSR count). The van der Waals surface area contributed by atoms with Crippen LogP contribution in [0.4, 0.5) is 4.39 Å². The van der Waals surface area contributed by atoms with Gasteiger partial charge in [-0.05, 0) is 31.9 Å². The Balaban J connectivity index is 0.000000686. The van der Waals surface area contributed by atoms with Crippen LogP contribution < -0.4 is 0 Å². The molecule has 0 unspecified atom stereocenters. The standard InChI is InChI=1S/C12H15FN2.C2H6/c1-4-9-11(13)6-8(3)10-7-14-15(5-2)12(9)10;1-2/h6-7H,4-5H2,1-3H3;1-2H3. The molecule has 3 heteroatoms. The highest BCUT2D eigenvalue weighted by Crippen LogP contribution is 2.25. The van der Waals surface area contributed by atoms with Crippen molar-refractivity contribution in [3.8, 4) is 0 Å². The third kappa shape index (κ3) is 2.33. The van der Waals surface area contributed by atoms with Crippen molar-refractivity contribution in [3.63, 3.8) is 0 Å². The number of rotatable bonds is 2. The lowest BCUT2D eigenvalue weighted by Crippen LogP contribution is -2.01. The second-order valence-electron chi connectivity index (χ2n) is 3.73. The van der Waals surface area contributed by atoms with E-state index in [9.17, 15) is 4.39 Å². The van der Waals surface area contributed by atoms with Crippen LogP contribution in [0.2, 0.25) is 0 Å². The molecule has 0 aliphatic rings. The van der Waals surface area contributed by atoms with Crippen molar-refractivity contribution in [3.05, 3.63) is 29.2 Å². The lowest BCUT2D eigenvalue weighted by molar-refractivity contribution is 0.608. The van der Waals surface area contributed by atoms with Crippen molar-refractivity contribution in [1.29, 1.82) is 0 Å². The second-order valence-corrected chi connectivity index (χ2v) is 3.73. The van der Waals surface area contributed by atoms with E-state index in [-0.39, 0.29) is 5.82 Å². The fourth-order valence-corrected chi connectivity index (χ4v) is 2.04. The molecule has 0 saturated heterocycles. The third-order valence-corrected chi connectivity index (χ3v) is 2.83. The zero-order valence-electron chi connectivity index (χ0n) is 11.3. The van der Waals surface area contributed by atoms with Gasteiger partial charge in [-0.25, -0.2) is 4.39 Å². The van der Waals surface area contributed by atoms with Gasteiger partial charge in [-0.15, -0.1) is 0 Å². The predicted octanol–water partition coefficient (Wildman–Crippen LogP) is 4.09. The number of hydrogen-bond acceptors (Lipinski definition) is 1. The number of aromatic nitrogens is 2. The molecule has 2 nitrogen and oxygen atoms in total. The summed E-state index contributed by atoms with van der Waals surface area (Å²) in [6.07, 6.45) is 2.53. The molecule has 2 aromatic rings. The Morgan fingerprint density at radius 2 is 1.94 bits per heavy atom. The zero-order chi connectivity index (χ0) is 13.0. The predicted molar refractivity (Wildman–Crippen MR) is 70.8 cm³/mol. The van der Waals surface area contributed by atoms with E-state index in [1.807, 2.05) is 45.5 Å². The van der Waals surface area contributed by atoms with Crippen LogP contribution in [-0.4, -0.2) is 9.78 Å². The molecular formula is C14H21FN2. The topological polar surface area (TPSA) is 17.8 Å². The van der Waals surface area contributed by atoms with Crippen molar-refractivity contribution in [2.24, 2.45) is 0 Å². The number of hydrogen-bond donors (Lipinski definition) is 0. The van der Waals surface area contributed by atoms with E-state index in [1.165, 1.54) is 0 Å². The molecule has 0 N–H and O–H groups in total. The van der Waals surface area contributed by atoms with Crippen LogP contribution in [0.3, 0.4) is 0 Å². The first-order chi connectivity index (χ1) is 8.19. The fourth-order valence-electron chi connectivity index (χ4n) is 2.04. The van der Waals surface area contributed by atoms with E-state index in [2.05, 4.69) is 5.10 Å². The number of fused-ring (bicyclic) bond motifs is 1. The minimum absolute atomic E-state index is 0.113. The first kappa shape index (κ1) is 13.7. The minimum atomic E-state index is -0.113. The Morgan fingerprint density at radius 3 is 2.47 bits per heavy atom. The van der Waals surface area contributed by atoms with Gasteiger partial charge in [0.25, 0.3) is 0 Å². The molecule has 0 aliphatic heterocycles. The van der Waals surface area contributed by atoms with Gasteiger partial charge in [-0.2, -0.15) is 5.10 Å². The first-order valence-electron chi connectivity index (χ1n) is 6.32. The molecule has 0 spiro atoms. The van der Waals surface area contributed by atoms with E-state index in [1.54, 1.807) is 6.07 Å². The molecule has 1 heterocycles. The van der Waals surface area contributed by atoms with Crippen molar-refractivity contribution >= 4 is 10.9 Å². The molecule has 94 valence electrons. The van der Waals surface area contributed by atoms with Crippen LogP contribution in [0.25, 0.3) is 10.9 Å². The fraction of sp³-hybridized carbons (Fsp3) is 0.500.